The molecule has 0 unspecified atom stereocenters. The van der Waals surface area contributed by atoms with Gasteiger partial charge in [0.05, 0.1) is 12.0 Å². The normalized spacial score (nSPS) is 10.2. The second-order valence-corrected chi connectivity index (χ2v) is 4.07. The van der Waals surface area contributed by atoms with Gasteiger partial charge in [0, 0.05) is 25.4 Å². The fraction of sp³-hybridized carbons (Fsp3) is 0.154. The summed E-state index contributed by atoms with van der Waals surface area (Å²) in [6.45, 7) is 0.406. The van der Waals surface area contributed by atoms with Crippen LogP contribution in [-0.2, 0) is 11.3 Å². The van der Waals surface area contributed by atoms with Gasteiger partial charge in [0.1, 0.15) is 11.4 Å². The Balaban J connectivity index is 2.04. The molecule has 0 atom stereocenters. The van der Waals surface area contributed by atoms with Crippen LogP contribution < -0.4 is 5.32 Å². The zero-order valence-electron chi connectivity index (χ0n) is 10.4. The van der Waals surface area contributed by atoms with E-state index in [4.69, 9.17) is 5.11 Å². The van der Waals surface area contributed by atoms with Crippen LogP contribution >= 0.6 is 0 Å². The minimum Gasteiger partial charge on any atom is -0.478 e. The molecule has 0 aliphatic heterocycles. The van der Waals surface area contributed by atoms with E-state index < -0.39 is 23.3 Å². The van der Waals surface area contributed by atoms with Gasteiger partial charge in [0.25, 0.3) is 0 Å². The van der Waals surface area contributed by atoms with Crippen molar-refractivity contribution in [3.8, 4) is 0 Å². The molecule has 1 amide bonds. The molecule has 2 aromatic rings. The molecular formula is C13H12FN3O3. The number of amides is 1. The maximum absolute atomic E-state index is 13.4. The zero-order valence-corrected chi connectivity index (χ0v) is 10.4. The second-order valence-electron chi connectivity index (χ2n) is 4.07. The Kier molecular flexibility index (Phi) is 4.09. The van der Waals surface area contributed by atoms with Gasteiger partial charge in [0.15, 0.2) is 0 Å². The predicted octanol–water partition coefficient (Wildman–Crippen LogP) is 1.75. The van der Waals surface area contributed by atoms with Crippen LogP contribution in [0.3, 0.4) is 0 Å². The van der Waals surface area contributed by atoms with Gasteiger partial charge < -0.3 is 15.0 Å². The first-order valence-electron chi connectivity index (χ1n) is 5.85. The Labute approximate surface area is 113 Å². The second kappa shape index (κ2) is 5.96. The summed E-state index contributed by atoms with van der Waals surface area (Å²) >= 11 is 0. The third-order valence-electron chi connectivity index (χ3n) is 2.66. The molecule has 104 valence electrons. The van der Waals surface area contributed by atoms with Crippen LogP contribution in [0.2, 0.25) is 0 Å². The molecule has 6 nitrogen and oxygen atoms in total. The van der Waals surface area contributed by atoms with Crippen molar-refractivity contribution in [3.05, 3.63) is 48.3 Å². The number of aromatic carboxylic acids is 1. The van der Waals surface area contributed by atoms with Crippen molar-refractivity contribution in [1.82, 2.24) is 9.55 Å². The largest absolute Gasteiger partial charge is 0.478 e. The van der Waals surface area contributed by atoms with E-state index in [1.807, 2.05) is 0 Å². The lowest BCUT2D eigenvalue weighted by Gasteiger charge is -2.09. The Morgan fingerprint density at radius 1 is 1.40 bits per heavy atom. The van der Waals surface area contributed by atoms with E-state index in [0.29, 0.717) is 6.54 Å². The van der Waals surface area contributed by atoms with Crippen molar-refractivity contribution in [2.24, 2.45) is 0 Å². The van der Waals surface area contributed by atoms with Crippen LogP contribution in [0.1, 0.15) is 16.8 Å². The van der Waals surface area contributed by atoms with Crippen LogP contribution in [0.5, 0.6) is 0 Å². The number of aryl methyl sites for hydroxylation is 1. The number of nitrogens with one attached hydrogen (secondary N) is 1. The first kappa shape index (κ1) is 13.7. The van der Waals surface area contributed by atoms with E-state index in [9.17, 15) is 14.0 Å². The van der Waals surface area contributed by atoms with Gasteiger partial charge in [-0.15, -0.1) is 0 Å². The summed E-state index contributed by atoms with van der Waals surface area (Å²) in [5.41, 5.74) is -0.586. The first-order chi connectivity index (χ1) is 9.58. The Morgan fingerprint density at radius 2 is 2.20 bits per heavy atom. The minimum atomic E-state index is -1.42. The molecule has 2 rings (SSSR count). The number of anilines is 1. The number of hydrogen-bond donors (Lipinski definition) is 2. The molecule has 1 aromatic carbocycles. The maximum Gasteiger partial charge on any atom is 0.340 e. The monoisotopic (exact) mass is 277 g/mol. The van der Waals surface area contributed by atoms with Crippen molar-refractivity contribution in [2.45, 2.75) is 13.0 Å². The van der Waals surface area contributed by atoms with Crippen LogP contribution in [0.25, 0.3) is 0 Å². The molecule has 1 heterocycles. The van der Waals surface area contributed by atoms with E-state index >= 15 is 0 Å². The number of benzene rings is 1. The summed E-state index contributed by atoms with van der Waals surface area (Å²) in [6, 6.07) is 3.72. The number of aromatic nitrogens is 2. The van der Waals surface area contributed by atoms with E-state index in [1.54, 1.807) is 23.3 Å². The van der Waals surface area contributed by atoms with Gasteiger partial charge in [-0.25, -0.2) is 14.2 Å². The van der Waals surface area contributed by atoms with Crippen molar-refractivity contribution < 1.29 is 19.1 Å². The summed E-state index contributed by atoms with van der Waals surface area (Å²) in [5, 5.41) is 11.3. The molecule has 0 fully saturated rings. The van der Waals surface area contributed by atoms with E-state index in [-0.39, 0.29) is 12.1 Å². The number of carbonyl (C=O) groups excluding carboxylic acids is 1. The standard InChI is InChI=1S/C13H12FN3O3/c14-9-2-1-3-10(12(9)13(19)20)16-11(18)4-6-17-7-5-15-8-17/h1-3,5,7-8H,4,6H2,(H,16,18)(H,19,20). The highest BCUT2D eigenvalue weighted by molar-refractivity contribution is 6.00. The van der Waals surface area contributed by atoms with Gasteiger partial charge in [-0.3, -0.25) is 4.79 Å². The van der Waals surface area contributed by atoms with Crippen molar-refractivity contribution in [3.63, 3.8) is 0 Å². The SMILES string of the molecule is O=C(CCn1ccnc1)Nc1cccc(F)c1C(=O)O. The lowest BCUT2D eigenvalue weighted by Crippen LogP contribution is -2.17. The molecule has 0 aliphatic rings. The first-order valence-corrected chi connectivity index (χ1v) is 5.85. The van der Waals surface area contributed by atoms with Crippen molar-refractivity contribution in [2.75, 3.05) is 5.32 Å². The highest BCUT2D eigenvalue weighted by atomic mass is 19.1. The molecular weight excluding hydrogens is 265 g/mol. The van der Waals surface area contributed by atoms with Crippen molar-refractivity contribution >= 4 is 17.6 Å². The fourth-order valence-corrected chi connectivity index (χ4v) is 1.71. The molecule has 0 spiro atoms. The molecule has 0 saturated heterocycles. The van der Waals surface area contributed by atoms with Gasteiger partial charge in [-0.1, -0.05) is 6.07 Å². The number of rotatable bonds is 5. The zero-order chi connectivity index (χ0) is 14.5. The number of carboxylic acid groups (broad SMARTS) is 1. The van der Waals surface area contributed by atoms with E-state index in [1.165, 1.54) is 12.1 Å². The predicted molar refractivity (Wildman–Crippen MR) is 68.8 cm³/mol. The number of nitrogens with zero attached hydrogens (tertiary/aromatic N) is 2. The van der Waals surface area contributed by atoms with Gasteiger partial charge in [-0.2, -0.15) is 0 Å². The van der Waals surface area contributed by atoms with Crippen LogP contribution in [0.4, 0.5) is 10.1 Å². The highest BCUT2D eigenvalue weighted by Crippen LogP contribution is 2.19. The smallest absolute Gasteiger partial charge is 0.340 e. The number of carboxylic acids is 1. The Bertz CT molecular complexity index is 626. The molecule has 0 radical (unpaired) electrons. The van der Waals surface area contributed by atoms with Crippen LogP contribution in [0, 0.1) is 5.82 Å². The molecule has 0 bridgehead atoms. The molecule has 0 aliphatic carbocycles. The summed E-state index contributed by atoms with van der Waals surface area (Å²) in [5.74, 6) is -2.70. The number of halogens is 1. The number of hydrogen-bond acceptors (Lipinski definition) is 3. The summed E-state index contributed by atoms with van der Waals surface area (Å²) in [4.78, 5) is 26.5. The summed E-state index contributed by atoms with van der Waals surface area (Å²) in [6.07, 6.45) is 5.00. The Hall–Kier alpha value is -2.70. The molecule has 7 heteroatoms. The Morgan fingerprint density at radius 3 is 2.85 bits per heavy atom. The average Bonchev–Trinajstić information content (AvgIpc) is 2.89. The maximum atomic E-state index is 13.4. The third kappa shape index (κ3) is 3.19. The fourth-order valence-electron chi connectivity index (χ4n) is 1.71. The molecule has 2 N–H and O–H groups in total. The topological polar surface area (TPSA) is 84.2 Å². The van der Waals surface area contributed by atoms with E-state index in [0.717, 1.165) is 6.07 Å². The van der Waals surface area contributed by atoms with Crippen molar-refractivity contribution in [1.29, 1.82) is 0 Å². The number of imidazole rings is 1. The van der Waals surface area contributed by atoms with Gasteiger partial charge in [0.2, 0.25) is 5.91 Å². The lowest BCUT2D eigenvalue weighted by molar-refractivity contribution is -0.116. The number of carbonyl (C=O) groups is 2. The average molecular weight is 277 g/mol. The lowest BCUT2D eigenvalue weighted by atomic mass is 10.1. The van der Waals surface area contributed by atoms with Gasteiger partial charge >= 0.3 is 5.97 Å². The molecule has 0 saturated carbocycles. The highest BCUT2D eigenvalue weighted by Gasteiger charge is 2.17. The van der Waals surface area contributed by atoms with Crippen LogP contribution in [-0.4, -0.2) is 26.5 Å². The summed E-state index contributed by atoms with van der Waals surface area (Å²) < 4.78 is 15.1. The van der Waals surface area contributed by atoms with Gasteiger partial charge in [-0.05, 0) is 12.1 Å². The summed E-state index contributed by atoms with van der Waals surface area (Å²) in [7, 11) is 0. The minimum absolute atomic E-state index is 0.0480. The third-order valence-corrected chi connectivity index (χ3v) is 2.66. The van der Waals surface area contributed by atoms with Crippen LogP contribution in [0.15, 0.2) is 36.9 Å². The molecule has 20 heavy (non-hydrogen) atoms. The van der Waals surface area contributed by atoms with E-state index in [2.05, 4.69) is 10.3 Å². The molecule has 1 aromatic heterocycles. The quantitative estimate of drug-likeness (QED) is 0.872.